The van der Waals surface area contributed by atoms with Crippen LogP contribution in [-0.4, -0.2) is 10.2 Å². The van der Waals surface area contributed by atoms with Gasteiger partial charge in [0.15, 0.2) is 0 Å². The van der Waals surface area contributed by atoms with E-state index < -0.39 is 11.6 Å². The summed E-state index contributed by atoms with van der Waals surface area (Å²) in [5.74, 6) is -1.25. The molecular weight excluding hydrogens is 356 g/mol. The number of rotatable bonds is 3. The SMILES string of the molecule is N#Cc1cccc(F)c1-c1cc(-c2cnnc(-c3ccccc3)c2)ccc1F. The molecule has 0 saturated heterocycles. The molecule has 0 unspecified atom stereocenters. The standard InChI is InChI=1S/C23H13F2N3/c24-20-10-9-16(11-19(20)23-17(13-26)7-4-8-21(23)25)18-12-22(28-27-14-18)15-5-2-1-3-6-15/h1-12,14H. The minimum atomic E-state index is -0.645. The highest BCUT2D eigenvalue weighted by molar-refractivity contribution is 5.78. The molecule has 28 heavy (non-hydrogen) atoms. The Labute approximate surface area is 160 Å². The second-order valence-corrected chi connectivity index (χ2v) is 6.16. The van der Waals surface area contributed by atoms with Crippen LogP contribution in [0.4, 0.5) is 8.78 Å². The summed E-state index contributed by atoms with van der Waals surface area (Å²) in [5.41, 5.74) is 3.00. The first-order valence-corrected chi connectivity index (χ1v) is 8.54. The Balaban J connectivity index is 1.85. The van der Waals surface area contributed by atoms with E-state index in [1.807, 2.05) is 42.5 Å². The quantitative estimate of drug-likeness (QED) is 0.470. The zero-order chi connectivity index (χ0) is 19.5. The van der Waals surface area contributed by atoms with Gasteiger partial charge in [-0.15, -0.1) is 0 Å². The van der Waals surface area contributed by atoms with Gasteiger partial charge in [-0.25, -0.2) is 8.78 Å². The predicted molar refractivity (Wildman–Crippen MR) is 103 cm³/mol. The second-order valence-electron chi connectivity index (χ2n) is 6.16. The van der Waals surface area contributed by atoms with E-state index in [4.69, 9.17) is 0 Å². The van der Waals surface area contributed by atoms with E-state index in [9.17, 15) is 14.0 Å². The van der Waals surface area contributed by atoms with Crippen LogP contribution in [0.2, 0.25) is 0 Å². The normalized spacial score (nSPS) is 10.5. The van der Waals surface area contributed by atoms with E-state index in [-0.39, 0.29) is 16.7 Å². The molecule has 0 aliphatic rings. The number of hydrogen-bond acceptors (Lipinski definition) is 3. The Hall–Kier alpha value is -3.91. The lowest BCUT2D eigenvalue weighted by atomic mass is 9.95. The van der Waals surface area contributed by atoms with Gasteiger partial charge in [0.05, 0.1) is 23.5 Å². The summed E-state index contributed by atoms with van der Waals surface area (Å²) < 4.78 is 28.9. The van der Waals surface area contributed by atoms with Gasteiger partial charge in [-0.1, -0.05) is 42.5 Å². The fourth-order valence-corrected chi connectivity index (χ4v) is 3.06. The van der Waals surface area contributed by atoms with Gasteiger partial charge in [0.25, 0.3) is 0 Å². The first-order valence-electron chi connectivity index (χ1n) is 8.54. The highest BCUT2D eigenvalue weighted by atomic mass is 19.1. The van der Waals surface area contributed by atoms with Crippen molar-refractivity contribution in [2.45, 2.75) is 0 Å². The van der Waals surface area contributed by atoms with Gasteiger partial charge in [0.1, 0.15) is 11.6 Å². The Morgan fingerprint density at radius 2 is 1.57 bits per heavy atom. The molecule has 0 radical (unpaired) electrons. The largest absolute Gasteiger partial charge is 0.206 e. The zero-order valence-electron chi connectivity index (χ0n) is 14.6. The van der Waals surface area contributed by atoms with Crippen molar-refractivity contribution in [3.8, 4) is 39.6 Å². The highest BCUT2D eigenvalue weighted by Gasteiger charge is 2.16. The van der Waals surface area contributed by atoms with Crippen LogP contribution in [0.5, 0.6) is 0 Å². The number of nitriles is 1. The van der Waals surface area contributed by atoms with E-state index in [1.165, 1.54) is 30.3 Å². The van der Waals surface area contributed by atoms with Crippen LogP contribution in [-0.2, 0) is 0 Å². The summed E-state index contributed by atoms with van der Waals surface area (Å²) in [6.45, 7) is 0. The summed E-state index contributed by atoms with van der Waals surface area (Å²) >= 11 is 0. The van der Waals surface area contributed by atoms with Crippen molar-refractivity contribution in [2.75, 3.05) is 0 Å². The van der Waals surface area contributed by atoms with E-state index in [0.717, 1.165) is 5.56 Å². The summed E-state index contributed by atoms with van der Waals surface area (Å²) in [7, 11) is 0. The zero-order valence-corrected chi connectivity index (χ0v) is 14.6. The number of benzene rings is 3. The van der Waals surface area contributed by atoms with Crippen molar-refractivity contribution in [1.29, 1.82) is 5.26 Å². The molecule has 1 aromatic heterocycles. The summed E-state index contributed by atoms with van der Waals surface area (Å²) in [5, 5.41) is 17.5. The van der Waals surface area contributed by atoms with E-state index in [2.05, 4.69) is 10.2 Å². The smallest absolute Gasteiger partial charge is 0.132 e. The fraction of sp³-hybridized carbons (Fsp3) is 0. The van der Waals surface area contributed by atoms with E-state index in [1.54, 1.807) is 12.3 Å². The molecule has 4 rings (SSSR count). The molecule has 0 atom stereocenters. The van der Waals surface area contributed by atoms with Crippen molar-refractivity contribution in [2.24, 2.45) is 0 Å². The first-order chi connectivity index (χ1) is 13.7. The van der Waals surface area contributed by atoms with Crippen molar-refractivity contribution < 1.29 is 8.78 Å². The van der Waals surface area contributed by atoms with Gasteiger partial charge < -0.3 is 0 Å². The molecular formula is C23H13F2N3. The molecule has 0 amide bonds. The van der Waals surface area contributed by atoms with Crippen molar-refractivity contribution >= 4 is 0 Å². The maximum absolute atomic E-state index is 14.5. The molecule has 0 fully saturated rings. The van der Waals surface area contributed by atoms with Gasteiger partial charge in [0.2, 0.25) is 0 Å². The topological polar surface area (TPSA) is 49.6 Å². The van der Waals surface area contributed by atoms with Crippen LogP contribution < -0.4 is 0 Å². The van der Waals surface area contributed by atoms with Crippen LogP contribution in [0.15, 0.2) is 79.0 Å². The molecule has 134 valence electrons. The highest BCUT2D eigenvalue weighted by Crippen LogP contribution is 2.33. The van der Waals surface area contributed by atoms with Crippen molar-refractivity contribution in [3.63, 3.8) is 0 Å². The van der Waals surface area contributed by atoms with E-state index >= 15 is 0 Å². The maximum Gasteiger partial charge on any atom is 0.132 e. The van der Waals surface area contributed by atoms with Crippen molar-refractivity contribution in [1.82, 2.24) is 10.2 Å². The monoisotopic (exact) mass is 369 g/mol. The molecule has 0 saturated carbocycles. The van der Waals surface area contributed by atoms with Crippen LogP contribution in [0.25, 0.3) is 33.5 Å². The first kappa shape index (κ1) is 17.5. The molecule has 0 N–H and O–H groups in total. The summed E-state index contributed by atoms with van der Waals surface area (Å²) in [6.07, 6.45) is 1.57. The number of aromatic nitrogens is 2. The Morgan fingerprint density at radius 1 is 0.750 bits per heavy atom. The molecule has 0 aliphatic heterocycles. The average Bonchev–Trinajstić information content (AvgIpc) is 2.75. The molecule has 1 heterocycles. The number of hydrogen-bond donors (Lipinski definition) is 0. The van der Waals surface area contributed by atoms with E-state index in [0.29, 0.717) is 16.8 Å². The van der Waals surface area contributed by atoms with Crippen LogP contribution in [0, 0.1) is 23.0 Å². The lowest BCUT2D eigenvalue weighted by Gasteiger charge is -2.10. The molecule has 0 spiro atoms. The number of halogens is 2. The average molecular weight is 369 g/mol. The van der Waals surface area contributed by atoms with Crippen LogP contribution >= 0.6 is 0 Å². The minimum absolute atomic E-state index is 0.0326. The summed E-state index contributed by atoms with van der Waals surface area (Å²) in [6, 6.07) is 21.8. The van der Waals surface area contributed by atoms with Crippen LogP contribution in [0.3, 0.4) is 0 Å². The van der Waals surface area contributed by atoms with Gasteiger partial charge >= 0.3 is 0 Å². The van der Waals surface area contributed by atoms with Gasteiger partial charge in [-0.05, 0) is 35.9 Å². The second kappa shape index (κ2) is 7.37. The third-order valence-corrected chi connectivity index (χ3v) is 4.43. The molecule has 5 heteroatoms. The molecule has 3 aromatic carbocycles. The fourth-order valence-electron chi connectivity index (χ4n) is 3.06. The maximum atomic E-state index is 14.5. The van der Waals surface area contributed by atoms with Crippen LogP contribution in [0.1, 0.15) is 5.56 Å². The lowest BCUT2D eigenvalue weighted by Crippen LogP contribution is -1.94. The Kier molecular flexibility index (Phi) is 4.61. The third-order valence-electron chi connectivity index (χ3n) is 4.43. The molecule has 3 nitrogen and oxygen atoms in total. The van der Waals surface area contributed by atoms with Gasteiger partial charge in [-0.2, -0.15) is 15.5 Å². The van der Waals surface area contributed by atoms with Gasteiger partial charge in [0, 0.05) is 22.3 Å². The molecule has 4 aromatic rings. The van der Waals surface area contributed by atoms with Crippen molar-refractivity contribution in [3.05, 3.63) is 96.2 Å². The Bertz CT molecular complexity index is 1200. The summed E-state index contributed by atoms with van der Waals surface area (Å²) in [4.78, 5) is 0. The third kappa shape index (κ3) is 3.24. The van der Waals surface area contributed by atoms with Gasteiger partial charge in [-0.3, -0.25) is 0 Å². The molecule has 0 aliphatic carbocycles. The lowest BCUT2D eigenvalue weighted by molar-refractivity contribution is 0.616. The Morgan fingerprint density at radius 3 is 2.36 bits per heavy atom. The number of nitrogens with zero attached hydrogens (tertiary/aromatic N) is 3. The minimum Gasteiger partial charge on any atom is -0.206 e. The predicted octanol–water partition coefficient (Wildman–Crippen LogP) is 5.63. The molecule has 0 bridgehead atoms.